The summed E-state index contributed by atoms with van der Waals surface area (Å²) in [5.41, 5.74) is 6.23. The van der Waals surface area contributed by atoms with Crippen LogP contribution in [0.3, 0.4) is 0 Å². The zero-order valence-electron chi connectivity index (χ0n) is 23.0. The van der Waals surface area contributed by atoms with Gasteiger partial charge in [-0.15, -0.1) is 0 Å². The van der Waals surface area contributed by atoms with Gasteiger partial charge in [-0.25, -0.2) is 13.8 Å². The zero-order chi connectivity index (χ0) is 30.4. The SMILES string of the molecule is Cc1ccc(S(=O)(=O)N(Cc2ccc(Cl)c(Cl)c2)Cc2ccc(/C=N/NC(=O)C(=O)Nc3ccc(C)c(C)c3)o2)cc1. The number of hydrogen-bond acceptors (Lipinski definition) is 6. The minimum absolute atomic E-state index is 0.00287. The van der Waals surface area contributed by atoms with Crippen molar-refractivity contribution in [1.82, 2.24) is 9.73 Å². The number of benzene rings is 3. The van der Waals surface area contributed by atoms with Crippen molar-refractivity contribution in [3.05, 3.63) is 117 Å². The molecule has 2 N–H and O–H groups in total. The average Bonchev–Trinajstić information content (AvgIpc) is 3.39. The molecule has 0 bridgehead atoms. The quantitative estimate of drug-likeness (QED) is 0.134. The van der Waals surface area contributed by atoms with Crippen LogP contribution in [-0.4, -0.2) is 30.8 Å². The van der Waals surface area contributed by atoms with Crippen LogP contribution in [0.4, 0.5) is 5.69 Å². The number of hydrazone groups is 1. The molecule has 1 heterocycles. The molecule has 42 heavy (non-hydrogen) atoms. The number of amides is 2. The second-order valence-electron chi connectivity index (χ2n) is 9.59. The lowest BCUT2D eigenvalue weighted by atomic mass is 10.1. The minimum atomic E-state index is -3.93. The van der Waals surface area contributed by atoms with Gasteiger partial charge < -0.3 is 9.73 Å². The average molecular weight is 628 g/mol. The number of nitrogens with zero attached hydrogens (tertiary/aromatic N) is 2. The maximum atomic E-state index is 13.6. The molecule has 218 valence electrons. The molecule has 4 aromatic rings. The zero-order valence-corrected chi connectivity index (χ0v) is 25.3. The van der Waals surface area contributed by atoms with Crippen molar-refractivity contribution in [2.75, 3.05) is 5.32 Å². The Bertz CT molecular complexity index is 1750. The summed E-state index contributed by atoms with van der Waals surface area (Å²) in [6.07, 6.45) is 1.21. The van der Waals surface area contributed by atoms with Crippen molar-refractivity contribution in [2.24, 2.45) is 5.10 Å². The van der Waals surface area contributed by atoms with E-state index in [9.17, 15) is 18.0 Å². The number of sulfonamides is 1. The monoisotopic (exact) mass is 626 g/mol. The van der Waals surface area contributed by atoms with E-state index < -0.39 is 21.8 Å². The second-order valence-corrected chi connectivity index (χ2v) is 12.3. The van der Waals surface area contributed by atoms with Crippen LogP contribution in [-0.2, 0) is 32.7 Å². The second kappa shape index (κ2) is 13.3. The Morgan fingerprint density at radius 2 is 1.60 bits per heavy atom. The fraction of sp³-hybridized carbons (Fsp3) is 0.167. The molecule has 3 aromatic carbocycles. The predicted octanol–water partition coefficient (Wildman–Crippen LogP) is 5.99. The van der Waals surface area contributed by atoms with Gasteiger partial charge in [-0.2, -0.15) is 9.41 Å². The number of carbonyl (C=O) groups is 2. The molecule has 0 unspecified atom stereocenters. The van der Waals surface area contributed by atoms with E-state index >= 15 is 0 Å². The predicted molar refractivity (Wildman–Crippen MR) is 163 cm³/mol. The van der Waals surface area contributed by atoms with Crippen LogP contribution < -0.4 is 10.7 Å². The molecule has 0 aliphatic carbocycles. The number of carbonyl (C=O) groups excluding carboxylic acids is 2. The van der Waals surface area contributed by atoms with Crippen molar-refractivity contribution in [1.29, 1.82) is 0 Å². The van der Waals surface area contributed by atoms with E-state index in [0.717, 1.165) is 16.7 Å². The summed E-state index contributed by atoms with van der Waals surface area (Å²) >= 11 is 12.2. The van der Waals surface area contributed by atoms with Crippen molar-refractivity contribution in [3.63, 3.8) is 0 Å². The van der Waals surface area contributed by atoms with Crippen molar-refractivity contribution in [3.8, 4) is 0 Å². The molecule has 1 aromatic heterocycles. The molecule has 0 aliphatic rings. The Balaban J connectivity index is 1.45. The van der Waals surface area contributed by atoms with Crippen LogP contribution in [0.1, 0.15) is 33.8 Å². The molecular formula is C30H28Cl2N4O5S. The van der Waals surface area contributed by atoms with E-state index in [4.69, 9.17) is 27.6 Å². The number of nitrogens with one attached hydrogen (secondary N) is 2. The highest BCUT2D eigenvalue weighted by atomic mass is 35.5. The van der Waals surface area contributed by atoms with Crippen LogP contribution >= 0.6 is 23.2 Å². The van der Waals surface area contributed by atoms with Gasteiger partial charge in [0.2, 0.25) is 10.0 Å². The van der Waals surface area contributed by atoms with E-state index in [2.05, 4.69) is 15.8 Å². The van der Waals surface area contributed by atoms with Crippen LogP contribution in [0.15, 0.2) is 87.2 Å². The number of anilines is 1. The van der Waals surface area contributed by atoms with Crippen molar-refractivity contribution in [2.45, 2.75) is 38.8 Å². The first-order chi connectivity index (χ1) is 19.9. The molecule has 0 atom stereocenters. The van der Waals surface area contributed by atoms with Gasteiger partial charge in [0.05, 0.1) is 27.7 Å². The van der Waals surface area contributed by atoms with Crippen LogP contribution in [0, 0.1) is 20.8 Å². The molecular weight excluding hydrogens is 599 g/mol. The summed E-state index contributed by atoms with van der Waals surface area (Å²) in [6.45, 7) is 5.61. The summed E-state index contributed by atoms with van der Waals surface area (Å²) in [6, 6.07) is 19.9. The van der Waals surface area contributed by atoms with E-state index in [-0.39, 0.29) is 23.7 Å². The van der Waals surface area contributed by atoms with Gasteiger partial charge in [0, 0.05) is 12.2 Å². The number of hydrogen-bond donors (Lipinski definition) is 2. The lowest BCUT2D eigenvalue weighted by Gasteiger charge is -2.22. The number of furan rings is 1. The van der Waals surface area contributed by atoms with Gasteiger partial charge in [-0.05, 0) is 86.0 Å². The third-order valence-corrected chi connectivity index (χ3v) is 8.89. The Kier molecular flexibility index (Phi) is 9.85. The fourth-order valence-electron chi connectivity index (χ4n) is 3.86. The lowest BCUT2D eigenvalue weighted by molar-refractivity contribution is -0.136. The van der Waals surface area contributed by atoms with E-state index in [1.807, 2.05) is 26.8 Å². The summed E-state index contributed by atoms with van der Waals surface area (Å²) in [7, 11) is -3.93. The van der Waals surface area contributed by atoms with E-state index in [1.54, 1.807) is 66.7 Å². The standard InChI is InChI=1S/C30H28Cl2N4O5S/c1-19-4-11-26(12-5-19)42(39,40)36(17-22-7-13-27(31)28(32)15-22)18-25-10-9-24(41-25)16-33-35-30(38)29(37)34-23-8-6-20(2)21(3)14-23/h4-16H,17-18H2,1-3H3,(H,34,37)(H,35,38)/b33-16+. The molecule has 9 nitrogen and oxygen atoms in total. The lowest BCUT2D eigenvalue weighted by Crippen LogP contribution is -2.32. The Morgan fingerprint density at radius 1 is 0.857 bits per heavy atom. The van der Waals surface area contributed by atoms with Crippen LogP contribution in [0.5, 0.6) is 0 Å². The van der Waals surface area contributed by atoms with Gasteiger partial charge >= 0.3 is 11.8 Å². The summed E-state index contributed by atoms with van der Waals surface area (Å²) in [5.74, 6) is -1.28. The van der Waals surface area contributed by atoms with Gasteiger partial charge in [-0.1, -0.05) is 53.0 Å². The molecule has 0 fully saturated rings. The molecule has 0 saturated heterocycles. The third-order valence-electron chi connectivity index (χ3n) is 6.35. The third kappa shape index (κ3) is 7.86. The number of rotatable bonds is 9. The number of aryl methyl sites for hydroxylation is 3. The smallest absolute Gasteiger partial charge is 0.329 e. The van der Waals surface area contributed by atoms with Gasteiger partial charge in [0.1, 0.15) is 11.5 Å². The normalized spacial score (nSPS) is 11.7. The first-order valence-electron chi connectivity index (χ1n) is 12.7. The molecule has 4 rings (SSSR count). The van der Waals surface area contributed by atoms with Gasteiger partial charge in [0.15, 0.2) is 0 Å². The Hall–Kier alpha value is -3.96. The minimum Gasteiger partial charge on any atom is -0.459 e. The Labute approximate surface area is 254 Å². The first kappa shape index (κ1) is 31.0. The first-order valence-corrected chi connectivity index (χ1v) is 14.9. The molecule has 0 aliphatic heterocycles. The summed E-state index contributed by atoms with van der Waals surface area (Å²) < 4.78 is 34.2. The molecule has 0 spiro atoms. The molecule has 0 saturated carbocycles. The highest BCUT2D eigenvalue weighted by Gasteiger charge is 2.26. The summed E-state index contributed by atoms with van der Waals surface area (Å²) in [5, 5.41) is 6.96. The van der Waals surface area contributed by atoms with Gasteiger partial charge in [-0.3, -0.25) is 9.59 Å². The highest BCUT2D eigenvalue weighted by Crippen LogP contribution is 2.26. The van der Waals surface area contributed by atoms with E-state index in [0.29, 0.717) is 27.1 Å². The van der Waals surface area contributed by atoms with Crippen molar-refractivity contribution >= 4 is 56.9 Å². The largest absolute Gasteiger partial charge is 0.459 e. The maximum Gasteiger partial charge on any atom is 0.329 e. The topological polar surface area (TPSA) is 121 Å². The van der Waals surface area contributed by atoms with Gasteiger partial charge in [0.25, 0.3) is 0 Å². The van der Waals surface area contributed by atoms with Crippen LogP contribution in [0.25, 0.3) is 0 Å². The Morgan fingerprint density at radius 3 is 2.29 bits per heavy atom. The maximum absolute atomic E-state index is 13.6. The van der Waals surface area contributed by atoms with E-state index in [1.165, 1.54) is 10.5 Å². The molecule has 2 amide bonds. The molecule has 12 heteroatoms. The molecule has 0 radical (unpaired) electrons. The number of halogens is 2. The fourth-order valence-corrected chi connectivity index (χ4v) is 5.58. The highest BCUT2D eigenvalue weighted by molar-refractivity contribution is 7.89. The summed E-state index contributed by atoms with van der Waals surface area (Å²) in [4.78, 5) is 24.5. The van der Waals surface area contributed by atoms with Crippen molar-refractivity contribution < 1.29 is 22.4 Å². The van der Waals surface area contributed by atoms with Crippen LogP contribution in [0.2, 0.25) is 10.0 Å².